The first-order chi connectivity index (χ1) is 14.0. The summed E-state index contributed by atoms with van der Waals surface area (Å²) in [5.41, 5.74) is 2.70. The Labute approximate surface area is 171 Å². The third-order valence-electron chi connectivity index (χ3n) is 5.04. The molecular formula is C23H27NO5. The Bertz CT molecular complexity index is 879. The van der Waals surface area contributed by atoms with Crippen LogP contribution in [0.2, 0.25) is 0 Å². The number of hydrogen-bond donors (Lipinski definition) is 1. The number of methoxy groups -OCH3 is 1. The molecule has 0 unspecified atom stereocenters. The topological polar surface area (TPSA) is 73.9 Å². The lowest BCUT2D eigenvalue weighted by atomic mass is 9.87. The fourth-order valence-corrected chi connectivity index (χ4v) is 3.54. The zero-order valence-corrected chi connectivity index (χ0v) is 17.1. The number of esters is 1. The first-order valence-electron chi connectivity index (χ1n) is 9.93. The number of hydrogen-bond acceptors (Lipinski definition) is 5. The Balaban J connectivity index is 1.63. The lowest BCUT2D eigenvalue weighted by Gasteiger charge is -2.27. The van der Waals surface area contributed by atoms with E-state index in [9.17, 15) is 9.59 Å². The van der Waals surface area contributed by atoms with Gasteiger partial charge in [0.2, 0.25) is 0 Å². The van der Waals surface area contributed by atoms with Crippen molar-refractivity contribution in [1.82, 2.24) is 5.32 Å². The minimum atomic E-state index is -0.908. The molecule has 1 N–H and O–H groups in total. The van der Waals surface area contributed by atoms with Crippen LogP contribution in [0.25, 0.3) is 0 Å². The van der Waals surface area contributed by atoms with E-state index < -0.39 is 12.1 Å². The van der Waals surface area contributed by atoms with E-state index >= 15 is 0 Å². The van der Waals surface area contributed by atoms with Gasteiger partial charge in [-0.1, -0.05) is 24.3 Å². The quantitative estimate of drug-likeness (QED) is 0.719. The molecule has 2 aromatic carbocycles. The van der Waals surface area contributed by atoms with Crippen LogP contribution in [0.5, 0.6) is 11.5 Å². The van der Waals surface area contributed by atoms with E-state index in [0.717, 1.165) is 24.8 Å². The molecule has 0 aliphatic heterocycles. The second-order valence-electron chi connectivity index (χ2n) is 7.00. The maximum Gasteiger partial charge on any atom is 0.339 e. The Hall–Kier alpha value is -3.02. The molecule has 0 radical (unpaired) electrons. The Morgan fingerprint density at radius 1 is 1.17 bits per heavy atom. The van der Waals surface area contributed by atoms with Crippen LogP contribution in [0.1, 0.15) is 54.2 Å². The molecule has 154 valence electrons. The molecule has 0 heterocycles. The van der Waals surface area contributed by atoms with Crippen molar-refractivity contribution in [3.63, 3.8) is 0 Å². The molecule has 0 saturated heterocycles. The Kier molecular flexibility index (Phi) is 6.75. The van der Waals surface area contributed by atoms with E-state index in [-0.39, 0.29) is 11.9 Å². The van der Waals surface area contributed by atoms with E-state index in [1.54, 1.807) is 25.1 Å². The average molecular weight is 397 g/mol. The molecule has 0 bridgehead atoms. The summed E-state index contributed by atoms with van der Waals surface area (Å²) in [5, 5.41) is 3.02. The third kappa shape index (κ3) is 4.88. The molecule has 3 rings (SSSR count). The molecule has 29 heavy (non-hydrogen) atoms. The molecule has 2 aromatic rings. The van der Waals surface area contributed by atoms with Gasteiger partial charge in [-0.3, -0.25) is 4.79 Å². The molecule has 0 saturated carbocycles. The summed E-state index contributed by atoms with van der Waals surface area (Å²) in [4.78, 5) is 25.1. The molecule has 1 aliphatic rings. The fraction of sp³-hybridized carbons (Fsp3) is 0.391. The van der Waals surface area contributed by atoms with E-state index in [1.165, 1.54) is 12.7 Å². The minimum Gasteiger partial charge on any atom is -0.493 e. The summed E-state index contributed by atoms with van der Waals surface area (Å²) < 4.78 is 16.1. The number of rotatable bonds is 7. The van der Waals surface area contributed by atoms with Gasteiger partial charge in [0, 0.05) is 0 Å². The Morgan fingerprint density at radius 2 is 1.97 bits per heavy atom. The van der Waals surface area contributed by atoms with Crippen molar-refractivity contribution in [2.24, 2.45) is 0 Å². The van der Waals surface area contributed by atoms with Crippen LogP contribution in [-0.4, -0.2) is 31.7 Å². The number of ether oxygens (including phenoxy) is 3. The predicted molar refractivity (Wildman–Crippen MR) is 109 cm³/mol. The summed E-state index contributed by atoms with van der Waals surface area (Å²) >= 11 is 0. The summed E-state index contributed by atoms with van der Waals surface area (Å²) in [6.07, 6.45) is 2.00. The first-order valence-corrected chi connectivity index (χ1v) is 9.93. The molecule has 0 aromatic heterocycles. The molecular weight excluding hydrogens is 370 g/mol. The van der Waals surface area contributed by atoms with Gasteiger partial charge in [0.25, 0.3) is 5.91 Å². The van der Waals surface area contributed by atoms with Crippen LogP contribution in [0.4, 0.5) is 0 Å². The van der Waals surface area contributed by atoms with Gasteiger partial charge < -0.3 is 19.5 Å². The fourth-order valence-electron chi connectivity index (χ4n) is 3.54. The number of carbonyl (C=O) groups is 2. The number of nitrogens with one attached hydrogen (secondary N) is 1. The molecule has 0 fully saturated rings. The summed E-state index contributed by atoms with van der Waals surface area (Å²) in [7, 11) is 1.51. The van der Waals surface area contributed by atoms with Gasteiger partial charge in [-0.2, -0.15) is 0 Å². The van der Waals surface area contributed by atoms with E-state index in [2.05, 4.69) is 11.4 Å². The summed E-state index contributed by atoms with van der Waals surface area (Å²) in [6, 6.07) is 12.9. The monoisotopic (exact) mass is 397 g/mol. The van der Waals surface area contributed by atoms with Gasteiger partial charge in [-0.25, -0.2) is 4.79 Å². The molecule has 6 heteroatoms. The largest absolute Gasteiger partial charge is 0.493 e. The standard InChI is InChI=1S/C23H27NO5/c1-4-28-20-13-12-17(14-21(20)27-3)23(26)29-15(2)22(25)24-19-11-7-9-16-8-5-6-10-18(16)19/h5-6,8,10,12-15,19H,4,7,9,11H2,1-3H3,(H,24,25)/t15-,19+/m0/s1. The number of aryl methyl sites for hydroxylation is 1. The molecule has 1 amide bonds. The summed E-state index contributed by atoms with van der Waals surface area (Å²) in [5.74, 6) is 0.0986. The van der Waals surface area contributed by atoms with Crippen LogP contribution >= 0.6 is 0 Å². The van der Waals surface area contributed by atoms with Crippen LogP contribution in [0, 0.1) is 0 Å². The van der Waals surface area contributed by atoms with Crippen LogP contribution < -0.4 is 14.8 Å². The third-order valence-corrected chi connectivity index (χ3v) is 5.04. The second kappa shape index (κ2) is 9.45. The van der Waals surface area contributed by atoms with Gasteiger partial charge in [-0.15, -0.1) is 0 Å². The van der Waals surface area contributed by atoms with Crippen molar-refractivity contribution in [3.05, 3.63) is 59.2 Å². The van der Waals surface area contributed by atoms with Gasteiger partial charge in [0.15, 0.2) is 17.6 Å². The van der Waals surface area contributed by atoms with Crippen molar-refractivity contribution in [1.29, 1.82) is 0 Å². The highest BCUT2D eigenvalue weighted by molar-refractivity contribution is 5.93. The second-order valence-corrected chi connectivity index (χ2v) is 7.00. The zero-order chi connectivity index (χ0) is 20.8. The normalized spacial score (nSPS) is 16.3. The smallest absolute Gasteiger partial charge is 0.339 e. The molecule has 6 nitrogen and oxygen atoms in total. The minimum absolute atomic E-state index is 0.0563. The average Bonchev–Trinajstić information content (AvgIpc) is 2.74. The number of benzene rings is 2. The zero-order valence-electron chi connectivity index (χ0n) is 17.1. The van der Waals surface area contributed by atoms with Crippen LogP contribution in [0.15, 0.2) is 42.5 Å². The van der Waals surface area contributed by atoms with Crippen molar-refractivity contribution in [3.8, 4) is 11.5 Å². The highest BCUT2D eigenvalue weighted by Crippen LogP contribution is 2.30. The van der Waals surface area contributed by atoms with Gasteiger partial charge in [0.05, 0.1) is 25.3 Å². The van der Waals surface area contributed by atoms with Gasteiger partial charge in [-0.05, 0) is 62.4 Å². The SMILES string of the molecule is CCOc1ccc(C(=O)O[C@@H](C)C(=O)N[C@@H]2CCCc3ccccc32)cc1OC. The van der Waals surface area contributed by atoms with Crippen LogP contribution in [0.3, 0.4) is 0 Å². The maximum absolute atomic E-state index is 12.6. The number of carbonyl (C=O) groups excluding carboxylic acids is 2. The van der Waals surface area contributed by atoms with Crippen molar-refractivity contribution >= 4 is 11.9 Å². The van der Waals surface area contributed by atoms with Gasteiger partial charge >= 0.3 is 5.97 Å². The number of amides is 1. The Morgan fingerprint density at radius 3 is 2.72 bits per heavy atom. The first kappa shape index (κ1) is 20.7. The van der Waals surface area contributed by atoms with Crippen molar-refractivity contribution in [2.75, 3.05) is 13.7 Å². The van der Waals surface area contributed by atoms with E-state index in [1.807, 2.05) is 25.1 Å². The number of fused-ring (bicyclic) bond motifs is 1. The lowest BCUT2D eigenvalue weighted by molar-refractivity contribution is -0.130. The van der Waals surface area contributed by atoms with Gasteiger partial charge in [0.1, 0.15) is 0 Å². The van der Waals surface area contributed by atoms with Crippen molar-refractivity contribution < 1.29 is 23.8 Å². The highest BCUT2D eigenvalue weighted by Gasteiger charge is 2.26. The van der Waals surface area contributed by atoms with E-state index in [4.69, 9.17) is 14.2 Å². The molecule has 0 spiro atoms. The maximum atomic E-state index is 12.6. The molecule has 1 aliphatic carbocycles. The van der Waals surface area contributed by atoms with E-state index in [0.29, 0.717) is 23.7 Å². The predicted octanol–water partition coefficient (Wildman–Crippen LogP) is 3.83. The molecule has 2 atom stereocenters. The highest BCUT2D eigenvalue weighted by atomic mass is 16.5. The summed E-state index contributed by atoms with van der Waals surface area (Å²) in [6.45, 7) is 3.93. The van der Waals surface area contributed by atoms with Crippen molar-refractivity contribution in [2.45, 2.75) is 45.3 Å². The van der Waals surface area contributed by atoms with Crippen LogP contribution in [-0.2, 0) is 16.0 Å². The lowest BCUT2D eigenvalue weighted by Crippen LogP contribution is -2.39.